The van der Waals surface area contributed by atoms with Gasteiger partial charge in [-0.15, -0.1) is 0 Å². The summed E-state index contributed by atoms with van der Waals surface area (Å²) in [5, 5.41) is 8.47. The van der Waals surface area contributed by atoms with Crippen LogP contribution in [0.25, 0.3) is 0 Å². The second-order valence-electron chi connectivity index (χ2n) is 10.1. The number of esters is 1. The molecule has 3 nitrogen and oxygen atoms in total. The van der Waals surface area contributed by atoms with E-state index in [1.54, 1.807) is 0 Å². The lowest BCUT2D eigenvalue weighted by molar-refractivity contribution is -0.157. The molecule has 0 heterocycles. The fraction of sp³-hybridized carbons (Fsp3) is 0.655. The van der Waals surface area contributed by atoms with Crippen LogP contribution in [0.2, 0.25) is 0 Å². The molecule has 180 valence electrons. The Morgan fingerprint density at radius 2 is 1.76 bits per heavy atom. The SMILES string of the molecule is CCCCCc1ccc(C2CCC(OC(=O)C3CCC(CC/C=C(/F)C#N)CC3)CC2)cc1. The number of unbranched alkanes of at least 4 members (excludes halogenated alkanes) is 2. The van der Waals surface area contributed by atoms with Crippen LogP contribution in [0, 0.1) is 23.2 Å². The molecule has 0 unspecified atom stereocenters. The zero-order chi connectivity index (χ0) is 23.5. The van der Waals surface area contributed by atoms with Crippen molar-refractivity contribution in [2.24, 2.45) is 11.8 Å². The maximum Gasteiger partial charge on any atom is 0.309 e. The molecule has 4 heteroatoms. The van der Waals surface area contributed by atoms with Gasteiger partial charge in [-0.1, -0.05) is 44.0 Å². The lowest BCUT2D eigenvalue weighted by atomic mass is 9.79. The van der Waals surface area contributed by atoms with E-state index in [0.29, 0.717) is 18.3 Å². The Bertz CT molecular complexity index is 794. The fourth-order valence-corrected chi connectivity index (χ4v) is 5.49. The van der Waals surface area contributed by atoms with Gasteiger partial charge in [0.15, 0.2) is 5.83 Å². The van der Waals surface area contributed by atoms with E-state index < -0.39 is 5.83 Å². The Morgan fingerprint density at radius 1 is 1.06 bits per heavy atom. The predicted molar refractivity (Wildman–Crippen MR) is 130 cm³/mol. The van der Waals surface area contributed by atoms with Crippen LogP contribution in [-0.2, 0) is 16.0 Å². The molecule has 1 aromatic carbocycles. The second-order valence-corrected chi connectivity index (χ2v) is 10.1. The van der Waals surface area contributed by atoms with Crippen LogP contribution >= 0.6 is 0 Å². The number of hydrogen-bond acceptors (Lipinski definition) is 3. The molecule has 3 rings (SSSR count). The summed E-state index contributed by atoms with van der Waals surface area (Å²) in [5.74, 6) is 0.418. The van der Waals surface area contributed by atoms with Crippen molar-refractivity contribution in [1.82, 2.24) is 0 Å². The minimum atomic E-state index is -0.693. The molecule has 1 aromatic rings. The molecule has 0 aromatic heterocycles. The monoisotopic (exact) mass is 453 g/mol. The van der Waals surface area contributed by atoms with Gasteiger partial charge in [0.05, 0.1) is 5.92 Å². The van der Waals surface area contributed by atoms with E-state index in [1.165, 1.54) is 49.0 Å². The van der Waals surface area contributed by atoms with E-state index >= 15 is 0 Å². The first-order valence-electron chi connectivity index (χ1n) is 13.1. The Kier molecular flexibility index (Phi) is 10.4. The average Bonchev–Trinajstić information content (AvgIpc) is 2.85. The summed E-state index contributed by atoms with van der Waals surface area (Å²) in [7, 11) is 0. The van der Waals surface area contributed by atoms with Gasteiger partial charge in [0, 0.05) is 0 Å². The first kappa shape index (κ1) is 25.5. The third-order valence-corrected chi connectivity index (χ3v) is 7.66. The van der Waals surface area contributed by atoms with Crippen molar-refractivity contribution < 1.29 is 13.9 Å². The van der Waals surface area contributed by atoms with Crippen molar-refractivity contribution >= 4 is 5.97 Å². The molecule has 2 fully saturated rings. The van der Waals surface area contributed by atoms with E-state index in [2.05, 4.69) is 31.2 Å². The summed E-state index contributed by atoms with van der Waals surface area (Å²) in [6.45, 7) is 2.24. The third-order valence-electron chi connectivity index (χ3n) is 7.66. The highest BCUT2D eigenvalue weighted by atomic mass is 19.1. The van der Waals surface area contributed by atoms with E-state index in [0.717, 1.165) is 57.8 Å². The van der Waals surface area contributed by atoms with Crippen LogP contribution in [0.15, 0.2) is 36.2 Å². The number of halogens is 1. The van der Waals surface area contributed by atoms with Gasteiger partial charge < -0.3 is 4.74 Å². The third kappa shape index (κ3) is 8.29. The maximum atomic E-state index is 12.9. The standard InChI is InChI=1S/C29H40FNO2/c1-2-3-4-6-22-9-13-24(14-10-22)25-17-19-28(20-18-25)33-29(32)26-15-11-23(12-16-26)7-5-8-27(30)21-31/h8-10,13-14,23,25-26,28H,2-7,11-12,15-20H2,1H3/b27-8+. The van der Waals surface area contributed by atoms with Crippen LogP contribution in [0.4, 0.5) is 4.39 Å². The smallest absolute Gasteiger partial charge is 0.309 e. The Hall–Kier alpha value is -2.15. The lowest BCUT2D eigenvalue weighted by Gasteiger charge is -2.31. The number of rotatable bonds is 10. The summed E-state index contributed by atoms with van der Waals surface area (Å²) in [6.07, 6.45) is 15.8. The Labute approximate surface area is 199 Å². The number of allylic oxidation sites excluding steroid dienone is 2. The van der Waals surface area contributed by atoms with Crippen molar-refractivity contribution in [2.45, 2.75) is 109 Å². The molecule has 0 N–H and O–H groups in total. The van der Waals surface area contributed by atoms with Crippen molar-refractivity contribution in [2.75, 3.05) is 0 Å². The van der Waals surface area contributed by atoms with E-state index in [1.807, 2.05) is 0 Å². The quantitative estimate of drug-likeness (QED) is 0.205. The molecule has 0 atom stereocenters. The van der Waals surface area contributed by atoms with Crippen LogP contribution < -0.4 is 0 Å². The second kappa shape index (κ2) is 13.5. The van der Waals surface area contributed by atoms with Crippen molar-refractivity contribution in [3.8, 4) is 6.07 Å². The maximum absolute atomic E-state index is 12.9. The molecule has 2 saturated carbocycles. The molecule has 0 spiro atoms. The number of aryl methyl sites for hydroxylation is 1. The zero-order valence-corrected chi connectivity index (χ0v) is 20.2. The molecular weight excluding hydrogens is 413 g/mol. The topological polar surface area (TPSA) is 50.1 Å². The molecule has 0 radical (unpaired) electrons. The molecule has 0 aliphatic heterocycles. The van der Waals surface area contributed by atoms with Crippen LogP contribution in [-0.4, -0.2) is 12.1 Å². The molecule has 0 bridgehead atoms. The van der Waals surface area contributed by atoms with E-state index in [9.17, 15) is 9.18 Å². The van der Waals surface area contributed by atoms with Crippen molar-refractivity contribution in [3.63, 3.8) is 0 Å². The number of nitrogens with zero attached hydrogens (tertiary/aromatic N) is 1. The van der Waals surface area contributed by atoms with Gasteiger partial charge in [-0.05, 0) is 106 Å². The molecule has 0 saturated heterocycles. The normalized spacial score (nSPS) is 25.9. The summed E-state index contributed by atoms with van der Waals surface area (Å²) in [6, 6.07) is 10.7. The number of hydrogen-bond donors (Lipinski definition) is 0. The number of carbonyl (C=O) groups is 1. The number of ether oxygens (including phenoxy) is 1. The predicted octanol–water partition coefficient (Wildman–Crippen LogP) is 7.95. The molecule has 33 heavy (non-hydrogen) atoms. The van der Waals surface area contributed by atoms with Gasteiger partial charge in [-0.2, -0.15) is 9.65 Å². The minimum absolute atomic E-state index is 0.0104. The number of carbonyl (C=O) groups excluding carboxylic acids is 1. The van der Waals surface area contributed by atoms with Crippen LogP contribution in [0.5, 0.6) is 0 Å². The summed E-state index contributed by atoms with van der Waals surface area (Å²) >= 11 is 0. The van der Waals surface area contributed by atoms with Gasteiger partial charge >= 0.3 is 5.97 Å². The molecule has 2 aliphatic rings. The van der Waals surface area contributed by atoms with Crippen molar-refractivity contribution in [1.29, 1.82) is 5.26 Å². The van der Waals surface area contributed by atoms with E-state index in [4.69, 9.17) is 10.00 Å². The van der Waals surface area contributed by atoms with Crippen molar-refractivity contribution in [3.05, 3.63) is 47.3 Å². The highest BCUT2D eigenvalue weighted by Crippen LogP contribution is 2.36. The van der Waals surface area contributed by atoms with Gasteiger partial charge in [0.1, 0.15) is 12.2 Å². The highest BCUT2D eigenvalue weighted by molar-refractivity contribution is 5.72. The van der Waals surface area contributed by atoms with Crippen LogP contribution in [0.3, 0.4) is 0 Å². The van der Waals surface area contributed by atoms with Gasteiger partial charge in [-0.25, -0.2) is 0 Å². The van der Waals surface area contributed by atoms with Crippen LogP contribution in [0.1, 0.15) is 107 Å². The number of nitriles is 1. The average molecular weight is 454 g/mol. The van der Waals surface area contributed by atoms with Gasteiger partial charge in [-0.3, -0.25) is 4.79 Å². The molecule has 0 amide bonds. The Morgan fingerprint density at radius 3 is 2.39 bits per heavy atom. The minimum Gasteiger partial charge on any atom is -0.462 e. The summed E-state index contributed by atoms with van der Waals surface area (Å²) in [5.41, 5.74) is 2.87. The summed E-state index contributed by atoms with van der Waals surface area (Å²) in [4.78, 5) is 12.7. The molecule has 2 aliphatic carbocycles. The first-order chi connectivity index (χ1) is 16.1. The van der Waals surface area contributed by atoms with Gasteiger partial charge in [0.2, 0.25) is 0 Å². The fourth-order valence-electron chi connectivity index (χ4n) is 5.49. The summed E-state index contributed by atoms with van der Waals surface area (Å²) < 4.78 is 18.8. The number of benzene rings is 1. The Balaban J connectivity index is 1.35. The first-order valence-corrected chi connectivity index (χ1v) is 13.1. The largest absolute Gasteiger partial charge is 0.462 e. The lowest BCUT2D eigenvalue weighted by Crippen LogP contribution is -2.29. The molecular formula is C29H40FNO2. The van der Waals surface area contributed by atoms with Gasteiger partial charge in [0.25, 0.3) is 0 Å². The van der Waals surface area contributed by atoms with E-state index in [-0.39, 0.29) is 18.0 Å². The highest BCUT2D eigenvalue weighted by Gasteiger charge is 2.30. The zero-order valence-electron chi connectivity index (χ0n) is 20.2.